The number of pyridine rings is 1. The summed E-state index contributed by atoms with van der Waals surface area (Å²) in [6.45, 7) is 6.28. The Labute approximate surface area is 195 Å². The minimum absolute atomic E-state index is 0.155. The number of carbonyl (C=O) groups excluding carboxylic acids is 1. The van der Waals surface area contributed by atoms with E-state index >= 15 is 0 Å². The number of rotatable bonds is 3. The fraction of sp³-hybridized carbons (Fsp3) is 0.286. The van der Waals surface area contributed by atoms with Crippen molar-refractivity contribution in [1.82, 2.24) is 9.88 Å². The average molecular weight is 441 g/mol. The molecule has 4 rings (SSSR count). The van der Waals surface area contributed by atoms with Gasteiger partial charge in [0.05, 0.1) is 6.04 Å². The van der Waals surface area contributed by atoms with Crippen LogP contribution in [0.3, 0.4) is 0 Å². The third-order valence-electron chi connectivity index (χ3n) is 5.17. The molecule has 0 bridgehead atoms. The minimum Gasteiger partial charge on any atom is -0.457 e. The van der Waals surface area contributed by atoms with E-state index in [1.165, 1.54) is 0 Å². The van der Waals surface area contributed by atoms with Crippen molar-refractivity contribution in [2.45, 2.75) is 45.3 Å². The monoisotopic (exact) mass is 440 g/mol. The molecule has 1 fully saturated rings. The Kier molecular flexibility index (Phi) is 6.65. The molecule has 2 aromatic carbocycles. The Balaban J connectivity index is 1.55. The van der Waals surface area contributed by atoms with Gasteiger partial charge in [0.15, 0.2) is 0 Å². The molecule has 1 aliphatic heterocycles. The highest BCUT2D eigenvalue weighted by Crippen LogP contribution is 2.33. The van der Waals surface area contributed by atoms with E-state index in [0.29, 0.717) is 6.54 Å². The van der Waals surface area contributed by atoms with E-state index in [-0.39, 0.29) is 12.1 Å². The van der Waals surface area contributed by atoms with Crippen LogP contribution in [0.25, 0.3) is 11.1 Å². The standard InChI is InChI=1S/C28H28N2O3/c1-28(2,3)33-27(31)30-17-9-10-23(30)16-15-21-18-22(20-29-19-21)25-13-7-8-14-26(25)32-24-11-5-4-6-12-24/h4-8,11-14,18-20,23H,9-10,17H2,1-3H3. The van der Waals surface area contributed by atoms with E-state index in [1.807, 2.05) is 81.4 Å². The second kappa shape index (κ2) is 9.79. The van der Waals surface area contributed by atoms with Gasteiger partial charge in [-0.15, -0.1) is 0 Å². The highest BCUT2D eigenvalue weighted by Gasteiger charge is 2.31. The van der Waals surface area contributed by atoms with Crippen LogP contribution in [0.5, 0.6) is 11.5 Å². The molecule has 0 saturated carbocycles. The minimum atomic E-state index is -0.523. The summed E-state index contributed by atoms with van der Waals surface area (Å²) in [7, 11) is 0. The van der Waals surface area contributed by atoms with Crippen molar-refractivity contribution in [2.75, 3.05) is 6.54 Å². The molecular formula is C28H28N2O3. The predicted octanol–water partition coefficient (Wildman–Crippen LogP) is 6.29. The maximum Gasteiger partial charge on any atom is 0.411 e. The van der Waals surface area contributed by atoms with Gasteiger partial charge in [0.25, 0.3) is 0 Å². The molecule has 5 nitrogen and oxygen atoms in total. The van der Waals surface area contributed by atoms with Crippen LogP contribution in [0.2, 0.25) is 0 Å². The summed E-state index contributed by atoms with van der Waals surface area (Å²) < 4.78 is 11.6. The van der Waals surface area contributed by atoms with E-state index in [0.717, 1.165) is 41.0 Å². The fourth-order valence-corrected chi connectivity index (χ4v) is 3.69. The Bertz CT molecular complexity index is 1170. The van der Waals surface area contributed by atoms with Crippen molar-refractivity contribution in [3.8, 4) is 34.5 Å². The van der Waals surface area contributed by atoms with Crippen molar-refractivity contribution in [1.29, 1.82) is 0 Å². The molecule has 1 aliphatic rings. The van der Waals surface area contributed by atoms with Gasteiger partial charge in [-0.1, -0.05) is 48.2 Å². The molecular weight excluding hydrogens is 412 g/mol. The molecule has 1 amide bonds. The highest BCUT2D eigenvalue weighted by atomic mass is 16.6. The smallest absolute Gasteiger partial charge is 0.411 e. The first-order valence-corrected chi connectivity index (χ1v) is 11.2. The second-order valence-corrected chi connectivity index (χ2v) is 8.97. The first-order chi connectivity index (χ1) is 15.9. The van der Waals surface area contributed by atoms with Gasteiger partial charge in [0, 0.05) is 35.6 Å². The van der Waals surface area contributed by atoms with Crippen molar-refractivity contribution in [2.24, 2.45) is 0 Å². The van der Waals surface area contributed by atoms with Crippen molar-refractivity contribution in [3.05, 3.63) is 78.6 Å². The Morgan fingerprint density at radius 3 is 2.61 bits per heavy atom. The SMILES string of the molecule is CC(C)(C)OC(=O)N1CCCC1C#Cc1cncc(-c2ccccc2Oc2ccccc2)c1. The number of likely N-dealkylation sites (tertiary alicyclic amines) is 1. The van der Waals surface area contributed by atoms with Gasteiger partial charge in [0.1, 0.15) is 17.1 Å². The molecule has 3 aromatic rings. The van der Waals surface area contributed by atoms with Crippen LogP contribution in [0.4, 0.5) is 4.79 Å². The van der Waals surface area contributed by atoms with Gasteiger partial charge in [-0.2, -0.15) is 0 Å². The van der Waals surface area contributed by atoms with E-state index in [1.54, 1.807) is 17.3 Å². The normalized spacial score (nSPS) is 15.5. The summed E-state index contributed by atoms with van der Waals surface area (Å²) in [4.78, 5) is 18.6. The predicted molar refractivity (Wildman–Crippen MR) is 129 cm³/mol. The van der Waals surface area contributed by atoms with Crippen LogP contribution in [0.1, 0.15) is 39.2 Å². The third kappa shape index (κ3) is 5.93. The number of carbonyl (C=O) groups is 1. The Hall–Kier alpha value is -3.78. The van der Waals surface area contributed by atoms with Crippen LogP contribution < -0.4 is 4.74 Å². The fourth-order valence-electron chi connectivity index (χ4n) is 3.69. The zero-order chi connectivity index (χ0) is 23.3. The summed E-state index contributed by atoms with van der Waals surface area (Å²) >= 11 is 0. The summed E-state index contributed by atoms with van der Waals surface area (Å²) in [5.41, 5.74) is 2.13. The van der Waals surface area contributed by atoms with Crippen molar-refractivity contribution < 1.29 is 14.3 Å². The lowest BCUT2D eigenvalue weighted by molar-refractivity contribution is 0.0261. The highest BCUT2D eigenvalue weighted by molar-refractivity contribution is 5.72. The number of para-hydroxylation sites is 2. The van der Waals surface area contributed by atoms with Crippen LogP contribution >= 0.6 is 0 Å². The molecule has 0 radical (unpaired) electrons. The number of hydrogen-bond acceptors (Lipinski definition) is 4. The quantitative estimate of drug-likeness (QED) is 0.449. The second-order valence-electron chi connectivity index (χ2n) is 8.97. The first kappa shape index (κ1) is 22.4. The number of hydrogen-bond donors (Lipinski definition) is 0. The van der Waals surface area contributed by atoms with Crippen LogP contribution in [0.15, 0.2) is 73.1 Å². The van der Waals surface area contributed by atoms with E-state index in [4.69, 9.17) is 9.47 Å². The van der Waals surface area contributed by atoms with E-state index < -0.39 is 5.60 Å². The van der Waals surface area contributed by atoms with E-state index in [2.05, 4.69) is 16.8 Å². The molecule has 1 aromatic heterocycles. The van der Waals surface area contributed by atoms with Crippen LogP contribution in [0, 0.1) is 11.8 Å². The maximum absolute atomic E-state index is 12.5. The summed E-state index contributed by atoms with van der Waals surface area (Å²) in [5, 5.41) is 0. The number of ether oxygens (including phenoxy) is 2. The summed E-state index contributed by atoms with van der Waals surface area (Å²) in [6, 6.07) is 19.4. The van der Waals surface area contributed by atoms with Gasteiger partial charge < -0.3 is 9.47 Å². The van der Waals surface area contributed by atoms with Gasteiger partial charge in [-0.05, 0) is 57.9 Å². The summed E-state index contributed by atoms with van der Waals surface area (Å²) in [6.07, 6.45) is 5.00. The molecule has 1 unspecified atom stereocenters. The number of nitrogens with zero attached hydrogens (tertiary/aromatic N) is 2. The molecule has 1 saturated heterocycles. The van der Waals surface area contributed by atoms with E-state index in [9.17, 15) is 4.79 Å². The van der Waals surface area contributed by atoms with Gasteiger partial charge in [-0.25, -0.2) is 4.79 Å². The molecule has 5 heteroatoms. The number of amides is 1. The first-order valence-electron chi connectivity index (χ1n) is 11.2. The van der Waals surface area contributed by atoms with Crippen molar-refractivity contribution >= 4 is 6.09 Å². The topological polar surface area (TPSA) is 51.7 Å². The zero-order valence-corrected chi connectivity index (χ0v) is 19.2. The lowest BCUT2D eigenvalue weighted by Gasteiger charge is -2.26. The molecule has 0 aliphatic carbocycles. The molecule has 0 N–H and O–H groups in total. The van der Waals surface area contributed by atoms with Crippen LogP contribution in [-0.2, 0) is 4.74 Å². The van der Waals surface area contributed by atoms with Gasteiger partial charge in [0.2, 0.25) is 0 Å². The third-order valence-corrected chi connectivity index (χ3v) is 5.17. The lowest BCUT2D eigenvalue weighted by atomic mass is 10.0. The van der Waals surface area contributed by atoms with Gasteiger partial charge in [-0.3, -0.25) is 9.88 Å². The Morgan fingerprint density at radius 1 is 1.06 bits per heavy atom. The average Bonchev–Trinajstić information content (AvgIpc) is 3.27. The molecule has 0 spiro atoms. The number of aromatic nitrogens is 1. The molecule has 33 heavy (non-hydrogen) atoms. The zero-order valence-electron chi connectivity index (χ0n) is 19.2. The number of benzene rings is 2. The summed E-state index contributed by atoms with van der Waals surface area (Å²) in [5.74, 6) is 7.99. The lowest BCUT2D eigenvalue weighted by Crippen LogP contribution is -2.39. The molecule has 2 heterocycles. The molecule has 1 atom stereocenters. The molecule has 168 valence electrons. The van der Waals surface area contributed by atoms with Crippen LogP contribution in [-0.4, -0.2) is 34.2 Å². The Morgan fingerprint density at radius 2 is 1.82 bits per heavy atom. The maximum atomic E-state index is 12.5. The van der Waals surface area contributed by atoms with Crippen molar-refractivity contribution in [3.63, 3.8) is 0 Å². The largest absolute Gasteiger partial charge is 0.457 e. The van der Waals surface area contributed by atoms with Gasteiger partial charge >= 0.3 is 6.09 Å².